The van der Waals surface area contributed by atoms with Gasteiger partial charge in [-0.05, 0) is 50.4 Å². The molecule has 3 heteroatoms. The first kappa shape index (κ1) is 14.5. The number of nitrogens with one attached hydrogen (secondary N) is 1. The van der Waals surface area contributed by atoms with Gasteiger partial charge in [-0.2, -0.15) is 0 Å². The van der Waals surface area contributed by atoms with Crippen molar-refractivity contribution in [1.29, 1.82) is 0 Å². The molecule has 1 saturated heterocycles. The van der Waals surface area contributed by atoms with Crippen LogP contribution in [0.1, 0.15) is 42.5 Å². The van der Waals surface area contributed by atoms with Crippen LogP contribution >= 0.6 is 0 Å². The van der Waals surface area contributed by atoms with E-state index in [2.05, 4.69) is 12.2 Å². The van der Waals surface area contributed by atoms with Crippen molar-refractivity contribution < 1.29 is 9.13 Å². The van der Waals surface area contributed by atoms with Crippen LogP contribution in [0.3, 0.4) is 0 Å². The summed E-state index contributed by atoms with van der Waals surface area (Å²) in [6.45, 7) is 6.67. The summed E-state index contributed by atoms with van der Waals surface area (Å²) in [5, 5.41) is 3.40. The van der Waals surface area contributed by atoms with Crippen LogP contribution in [0.15, 0.2) is 12.1 Å². The van der Waals surface area contributed by atoms with Gasteiger partial charge in [0.1, 0.15) is 5.82 Å². The predicted molar refractivity (Wildman–Crippen MR) is 75.8 cm³/mol. The lowest BCUT2D eigenvalue weighted by Gasteiger charge is -2.28. The van der Waals surface area contributed by atoms with Crippen molar-refractivity contribution in [3.63, 3.8) is 0 Å². The van der Waals surface area contributed by atoms with E-state index in [1.165, 1.54) is 5.56 Å². The van der Waals surface area contributed by atoms with Gasteiger partial charge in [0.05, 0.1) is 6.10 Å². The van der Waals surface area contributed by atoms with Crippen LogP contribution in [-0.2, 0) is 4.74 Å². The first-order valence-electron chi connectivity index (χ1n) is 7.14. The second-order valence-corrected chi connectivity index (χ2v) is 5.51. The second-order valence-electron chi connectivity index (χ2n) is 5.51. The second kappa shape index (κ2) is 6.02. The highest BCUT2D eigenvalue weighted by Crippen LogP contribution is 2.35. The van der Waals surface area contributed by atoms with Gasteiger partial charge in [0.15, 0.2) is 0 Å². The SMILES string of the molecule is CCC1OCCC1C(NC)c1cc(C)c(F)c(C)c1. The van der Waals surface area contributed by atoms with Gasteiger partial charge in [-0.3, -0.25) is 0 Å². The number of benzene rings is 1. The molecule has 0 aliphatic carbocycles. The monoisotopic (exact) mass is 265 g/mol. The summed E-state index contributed by atoms with van der Waals surface area (Å²) >= 11 is 0. The normalized spacial score (nSPS) is 24.7. The van der Waals surface area contributed by atoms with Crippen LogP contribution in [0.4, 0.5) is 4.39 Å². The third kappa shape index (κ3) is 2.82. The molecule has 3 atom stereocenters. The average Bonchev–Trinajstić information content (AvgIpc) is 2.85. The fourth-order valence-electron chi connectivity index (χ4n) is 3.25. The van der Waals surface area contributed by atoms with E-state index in [4.69, 9.17) is 4.74 Å². The zero-order valence-corrected chi connectivity index (χ0v) is 12.3. The largest absolute Gasteiger partial charge is 0.378 e. The molecule has 1 aliphatic rings. The Hall–Kier alpha value is -0.930. The van der Waals surface area contributed by atoms with E-state index in [-0.39, 0.29) is 11.9 Å². The Bertz CT molecular complexity index is 423. The minimum atomic E-state index is -0.0895. The summed E-state index contributed by atoms with van der Waals surface area (Å²) in [6, 6.07) is 4.17. The Balaban J connectivity index is 2.31. The number of rotatable bonds is 4. The molecule has 0 bridgehead atoms. The van der Waals surface area contributed by atoms with Crippen molar-refractivity contribution in [3.05, 3.63) is 34.6 Å². The number of halogens is 1. The van der Waals surface area contributed by atoms with E-state index in [0.717, 1.165) is 30.6 Å². The van der Waals surface area contributed by atoms with E-state index >= 15 is 0 Å². The Morgan fingerprint density at radius 1 is 1.37 bits per heavy atom. The van der Waals surface area contributed by atoms with Crippen LogP contribution in [-0.4, -0.2) is 19.8 Å². The van der Waals surface area contributed by atoms with Gasteiger partial charge in [0.25, 0.3) is 0 Å². The Labute approximate surface area is 115 Å². The summed E-state index contributed by atoms with van der Waals surface area (Å²) in [5.74, 6) is 0.382. The standard InChI is InChI=1S/C16H24FNO/c1-5-14-13(6-7-19-14)16(18-4)12-8-10(2)15(17)11(3)9-12/h8-9,13-14,16,18H,5-7H2,1-4H3. The Kier molecular flexibility index (Phi) is 4.58. The third-order valence-electron chi connectivity index (χ3n) is 4.22. The quantitative estimate of drug-likeness (QED) is 0.899. The molecule has 0 aromatic heterocycles. The van der Waals surface area contributed by atoms with E-state index in [0.29, 0.717) is 12.0 Å². The lowest BCUT2D eigenvalue weighted by atomic mass is 9.85. The molecule has 1 fully saturated rings. The average molecular weight is 265 g/mol. The van der Waals surface area contributed by atoms with E-state index < -0.39 is 0 Å². The first-order chi connectivity index (χ1) is 9.08. The number of hydrogen-bond donors (Lipinski definition) is 1. The number of ether oxygens (including phenoxy) is 1. The van der Waals surface area contributed by atoms with Crippen LogP contribution < -0.4 is 5.32 Å². The lowest BCUT2D eigenvalue weighted by Crippen LogP contribution is -2.30. The summed E-state index contributed by atoms with van der Waals surface area (Å²) in [7, 11) is 1.98. The maximum Gasteiger partial charge on any atom is 0.129 e. The maximum absolute atomic E-state index is 13.8. The molecule has 19 heavy (non-hydrogen) atoms. The number of hydrogen-bond acceptors (Lipinski definition) is 2. The van der Waals surface area contributed by atoms with Gasteiger partial charge < -0.3 is 10.1 Å². The van der Waals surface area contributed by atoms with Crippen LogP contribution in [0.5, 0.6) is 0 Å². The Morgan fingerprint density at radius 2 is 2.00 bits per heavy atom. The molecule has 1 heterocycles. The molecule has 1 aromatic rings. The molecule has 3 unspecified atom stereocenters. The molecule has 0 amide bonds. The molecule has 0 spiro atoms. The summed E-state index contributed by atoms with van der Waals surface area (Å²) < 4.78 is 19.5. The highest BCUT2D eigenvalue weighted by atomic mass is 19.1. The van der Waals surface area contributed by atoms with Gasteiger partial charge in [0.2, 0.25) is 0 Å². The van der Waals surface area contributed by atoms with Gasteiger partial charge in [-0.15, -0.1) is 0 Å². The molecule has 1 N–H and O–H groups in total. The highest BCUT2D eigenvalue weighted by Gasteiger charge is 2.34. The van der Waals surface area contributed by atoms with Gasteiger partial charge >= 0.3 is 0 Å². The molecule has 2 rings (SSSR count). The molecule has 1 aliphatic heterocycles. The molecule has 106 valence electrons. The lowest BCUT2D eigenvalue weighted by molar-refractivity contribution is 0.0782. The third-order valence-corrected chi connectivity index (χ3v) is 4.22. The molecule has 0 saturated carbocycles. The van der Waals surface area contributed by atoms with Crippen molar-refractivity contribution >= 4 is 0 Å². The first-order valence-corrected chi connectivity index (χ1v) is 7.14. The van der Waals surface area contributed by atoms with Crippen molar-refractivity contribution in [2.45, 2.75) is 45.8 Å². The van der Waals surface area contributed by atoms with Crippen LogP contribution in [0, 0.1) is 25.6 Å². The molecule has 0 radical (unpaired) electrons. The fourth-order valence-corrected chi connectivity index (χ4v) is 3.25. The van der Waals surface area contributed by atoms with Crippen molar-refractivity contribution in [1.82, 2.24) is 5.32 Å². The fraction of sp³-hybridized carbons (Fsp3) is 0.625. The summed E-state index contributed by atoms with van der Waals surface area (Å²) in [4.78, 5) is 0. The van der Waals surface area contributed by atoms with Crippen LogP contribution in [0.25, 0.3) is 0 Å². The van der Waals surface area contributed by atoms with Gasteiger partial charge in [0, 0.05) is 18.6 Å². The van der Waals surface area contributed by atoms with E-state index in [9.17, 15) is 4.39 Å². The van der Waals surface area contributed by atoms with E-state index in [1.807, 2.05) is 33.0 Å². The smallest absolute Gasteiger partial charge is 0.129 e. The van der Waals surface area contributed by atoms with Crippen LogP contribution in [0.2, 0.25) is 0 Å². The van der Waals surface area contributed by atoms with Gasteiger partial charge in [-0.25, -0.2) is 4.39 Å². The molecule has 1 aromatic carbocycles. The predicted octanol–water partition coefficient (Wildman–Crippen LogP) is 3.52. The van der Waals surface area contributed by atoms with E-state index in [1.54, 1.807) is 0 Å². The highest BCUT2D eigenvalue weighted by molar-refractivity contribution is 5.33. The van der Waals surface area contributed by atoms with Crippen molar-refractivity contribution in [2.75, 3.05) is 13.7 Å². The minimum absolute atomic E-state index is 0.0895. The van der Waals surface area contributed by atoms with Gasteiger partial charge in [-0.1, -0.05) is 19.1 Å². The minimum Gasteiger partial charge on any atom is -0.378 e. The van der Waals surface area contributed by atoms with Crippen molar-refractivity contribution in [3.8, 4) is 0 Å². The maximum atomic E-state index is 13.8. The molecular weight excluding hydrogens is 241 g/mol. The molecular formula is C16H24FNO. The molecule has 2 nitrogen and oxygen atoms in total. The zero-order chi connectivity index (χ0) is 14.0. The van der Waals surface area contributed by atoms with Crippen molar-refractivity contribution in [2.24, 2.45) is 5.92 Å². The summed E-state index contributed by atoms with van der Waals surface area (Å²) in [6.07, 6.45) is 2.41. The Morgan fingerprint density at radius 3 is 2.53 bits per heavy atom. The topological polar surface area (TPSA) is 21.3 Å². The zero-order valence-electron chi connectivity index (χ0n) is 12.3. The summed E-state index contributed by atoms with van der Waals surface area (Å²) in [5.41, 5.74) is 2.62. The number of aryl methyl sites for hydroxylation is 2.